The molecule has 0 saturated heterocycles. The van der Waals surface area contributed by atoms with Crippen molar-refractivity contribution < 1.29 is 4.92 Å². The minimum Gasteiger partial charge on any atom is -0.383 e. The number of hydrogen-bond donors (Lipinski definition) is 3. The number of nitrogens with one attached hydrogen (secondary N) is 3. The van der Waals surface area contributed by atoms with Gasteiger partial charge in [-0.1, -0.05) is 23.7 Å². The zero-order chi connectivity index (χ0) is 18.1. The van der Waals surface area contributed by atoms with Gasteiger partial charge in [0.2, 0.25) is 0 Å². The lowest BCUT2D eigenvalue weighted by Crippen LogP contribution is -2.39. The summed E-state index contributed by atoms with van der Waals surface area (Å²) in [6.07, 6.45) is 0. The van der Waals surface area contributed by atoms with Crippen LogP contribution in [0.25, 0.3) is 0 Å². The van der Waals surface area contributed by atoms with E-state index in [4.69, 9.17) is 11.6 Å². The van der Waals surface area contributed by atoms with Crippen LogP contribution in [0.2, 0.25) is 5.02 Å². The second-order valence-electron chi connectivity index (χ2n) is 5.21. The van der Waals surface area contributed by atoms with Crippen molar-refractivity contribution in [3.63, 3.8) is 0 Å². The Morgan fingerprint density at radius 3 is 2.36 bits per heavy atom. The molecule has 2 aromatic rings. The molecule has 2 aromatic carbocycles. The molecule has 25 heavy (non-hydrogen) atoms. The summed E-state index contributed by atoms with van der Waals surface area (Å²) in [5, 5.41) is 20.9. The summed E-state index contributed by atoms with van der Waals surface area (Å²) < 4.78 is 0. The van der Waals surface area contributed by atoms with Crippen molar-refractivity contribution in [1.82, 2.24) is 10.6 Å². The summed E-state index contributed by atoms with van der Waals surface area (Å²) in [5.74, 6) is 0.695. The minimum absolute atomic E-state index is 0.0791. The number of halogens is 1. The van der Waals surface area contributed by atoms with Gasteiger partial charge in [0, 0.05) is 49.5 Å². The highest BCUT2D eigenvalue weighted by molar-refractivity contribution is 6.30. The number of nitro benzene ring substituents is 1. The van der Waals surface area contributed by atoms with Crippen molar-refractivity contribution in [2.45, 2.75) is 6.54 Å². The van der Waals surface area contributed by atoms with Crippen molar-refractivity contribution >= 4 is 28.9 Å². The molecule has 0 aliphatic carbocycles. The number of aliphatic imine (C=N–C) groups is 1. The third-order valence-corrected chi connectivity index (χ3v) is 3.67. The molecule has 0 bridgehead atoms. The molecule has 0 amide bonds. The number of non-ortho nitro benzene ring substituents is 1. The Bertz CT molecular complexity index is 717. The van der Waals surface area contributed by atoms with E-state index in [1.54, 1.807) is 19.2 Å². The molecule has 3 N–H and O–H groups in total. The number of nitro groups is 1. The first-order chi connectivity index (χ1) is 12.1. The van der Waals surface area contributed by atoms with Crippen LogP contribution in [0, 0.1) is 10.1 Å². The number of anilines is 1. The average molecular weight is 362 g/mol. The van der Waals surface area contributed by atoms with E-state index < -0.39 is 4.92 Å². The van der Waals surface area contributed by atoms with Crippen LogP contribution < -0.4 is 16.0 Å². The van der Waals surface area contributed by atoms with Gasteiger partial charge in [0.15, 0.2) is 5.96 Å². The van der Waals surface area contributed by atoms with E-state index in [-0.39, 0.29) is 5.69 Å². The number of guanidine groups is 1. The zero-order valence-electron chi connectivity index (χ0n) is 13.8. The van der Waals surface area contributed by atoms with E-state index in [0.717, 1.165) is 11.3 Å². The molecule has 0 radical (unpaired) electrons. The smallest absolute Gasteiger partial charge is 0.269 e. The van der Waals surface area contributed by atoms with Gasteiger partial charge in [-0.3, -0.25) is 15.1 Å². The van der Waals surface area contributed by atoms with Crippen molar-refractivity contribution in [2.75, 3.05) is 25.5 Å². The molecular formula is C17H20ClN5O2. The Balaban J connectivity index is 1.70. The molecule has 0 unspecified atom stereocenters. The van der Waals surface area contributed by atoms with Crippen LogP contribution in [0.15, 0.2) is 53.5 Å². The van der Waals surface area contributed by atoms with Gasteiger partial charge < -0.3 is 16.0 Å². The second kappa shape index (κ2) is 9.48. The lowest BCUT2D eigenvalue weighted by atomic mass is 10.2. The topological polar surface area (TPSA) is 91.6 Å². The van der Waals surface area contributed by atoms with Crippen LogP contribution in [0.1, 0.15) is 5.56 Å². The summed E-state index contributed by atoms with van der Waals surface area (Å²) in [7, 11) is 1.71. The predicted octanol–water partition coefficient (Wildman–Crippen LogP) is 3.03. The molecule has 0 aliphatic heterocycles. The van der Waals surface area contributed by atoms with Crippen LogP contribution in [0.4, 0.5) is 11.4 Å². The van der Waals surface area contributed by atoms with Gasteiger partial charge in [0.1, 0.15) is 0 Å². The minimum atomic E-state index is -0.415. The quantitative estimate of drug-likeness (QED) is 0.232. The molecule has 0 aliphatic rings. The Morgan fingerprint density at radius 2 is 1.76 bits per heavy atom. The molecular weight excluding hydrogens is 342 g/mol. The molecule has 7 nitrogen and oxygen atoms in total. The highest BCUT2D eigenvalue weighted by Gasteiger charge is 2.03. The fraction of sp³-hybridized carbons (Fsp3) is 0.235. The van der Waals surface area contributed by atoms with Crippen molar-refractivity contribution in [3.05, 3.63) is 69.2 Å². The number of rotatable bonds is 7. The van der Waals surface area contributed by atoms with Crippen LogP contribution >= 0.6 is 11.6 Å². The molecule has 8 heteroatoms. The summed E-state index contributed by atoms with van der Waals surface area (Å²) in [6.45, 7) is 1.95. The lowest BCUT2D eigenvalue weighted by molar-refractivity contribution is -0.384. The third kappa shape index (κ3) is 6.31. The number of hydrogen-bond acceptors (Lipinski definition) is 4. The Kier molecular flexibility index (Phi) is 7.03. The molecule has 132 valence electrons. The van der Waals surface area contributed by atoms with Gasteiger partial charge in [-0.2, -0.15) is 0 Å². The van der Waals surface area contributed by atoms with Crippen LogP contribution in [-0.4, -0.2) is 31.0 Å². The van der Waals surface area contributed by atoms with E-state index in [1.165, 1.54) is 12.1 Å². The van der Waals surface area contributed by atoms with Gasteiger partial charge >= 0.3 is 0 Å². The third-order valence-electron chi connectivity index (χ3n) is 3.42. The maximum atomic E-state index is 10.6. The molecule has 0 saturated carbocycles. The Morgan fingerprint density at radius 1 is 1.08 bits per heavy atom. The predicted molar refractivity (Wildman–Crippen MR) is 101 cm³/mol. The van der Waals surface area contributed by atoms with Crippen molar-refractivity contribution in [2.24, 2.45) is 4.99 Å². The summed E-state index contributed by atoms with van der Waals surface area (Å²) in [4.78, 5) is 14.4. The van der Waals surface area contributed by atoms with E-state index in [0.29, 0.717) is 30.6 Å². The molecule has 0 aromatic heterocycles. The van der Waals surface area contributed by atoms with E-state index in [9.17, 15) is 10.1 Å². The summed E-state index contributed by atoms with van der Waals surface area (Å²) in [5.41, 5.74) is 2.02. The van der Waals surface area contributed by atoms with Crippen LogP contribution in [-0.2, 0) is 6.54 Å². The summed E-state index contributed by atoms with van der Waals surface area (Å²) in [6, 6.07) is 13.9. The van der Waals surface area contributed by atoms with Gasteiger partial charge in [-0.05, 0) is 29.8 Å². The molecule has 0 atom stereocenters. The number of nitrogens with zero attached hydrogens (tertiary/aromatic N) is 2. The standard InChI is InChI=1S/C17H20ClN5O2/c1-19-17(22-12-13-2-4-14(18)5-3-13)21-11-10-20-15-6-8-16(9-7-15)23(24)25/h2-9,20H,10-12H2,1H3,(H2,19,21,22). The Labute approximate surface area is 151 Å². The van der Waals surface area contributed by atoms with Gasteiger partial charge in [0.25, 0.3) is 5.69 Å². The van der Waals surface area contributed by atoms with Gasteiger partial charge in [0.05, 0.1) is 4.92 Å². The first-order valence-electron chi connectivity index (χ1n) is 7.76. The average Bonchev–Trinajstić information content (AvgIpc) is 2.63. The highest BCUT2D eigenvalue weighted by Crippen LogP contribution is 2.14. The maximum Gasteiger partial charge on any atom is 0.269 e. The fourth-order valence-corrected chi connectivity index (χ4v) is 2.22. The Hall–Kier alpha value is -2.80. The maximum absolute atomic E-state index is 10.6. The first-order valence-corrected chi connectivity index (χ1v) is 8.13. The molecule has 0 heterocycles. The number of benzene rings is 2. The van der Waals surface area contributed by atoms with E-state index in [1.807, 2.05) is 24.3 Å². The second-order valence-corrected chi connectivity index (χ2v) is 5.65. The highest BCUT2D eigenvalue weighted by atomic mass is 35.5. The van der Waals surface area contributed by atoms with Crippen LogP contribution in [0.3, 0.4) is 0 Å². The monoisotopic (exact) mass is 361 g/mol. The first kappa shape index (κ1) is 18.5. The normalized spacial score (nSPS) is 11.0. The van der Waals surface area contributed by atoms with Crippen molar-refractivity contribution in [1.29, 1.82) is 0 Å². The molecule has 0 fully saturated rings. The SMILES string of the molecule is CN=C(NCCNc1ccc([N+](=O)[O-])cc1)NCc1ccc(Cl)cc1. The van der Waals surface area contributed by atoms with Crippen LogP contribution in [0.5, 0.6) is 0 Å². The van der Waals surface area contributed by atoms with Crippen molar-refractivity contribution in [3.8, 4) is 0 Å². The zero-order valence-corrected chi connectivity index (χ0v) is 14.6. The fourth-order valence-electron chi connectivity index (χ4n) is 2.10. The lowest BCUT2D eigenvalue weighted by Gasteiger charge is -2.13. The van der Waals surface area contributed by atoms with Gasteiger partial charge in [-0.15, -0.1) is 0 Å². The van der Waals surface area contributed by atoms with E-state index in [2.05, 4.69) is 20.9 Å². The largest absolute Gasteiger partial charge is 0.383 e. The van der Waals surface area contributed by atoms with Gasteiger partial charge in [-0.25, -0.2) is 0 Å². The molecule has 0 spiro atoms. The van der Waals surface area contributed by atoms with E-state index >= 15 is 0 Å². The summed E-state index contributed by atoms with van der Waals surface area (Å²) >= 11 is 5.86. The molecule has 2 rings (SSSR count).